The number of hydrogen-bond acceptors (Lipinski definition) is 7. The highest BCUT2D eigenvalue weighted by molar-refractivity contribution is 7.14. The number of rotatable bonds is 5. The van der Waals surface area contributed by atoms with Gasteiger partial charge in [0.2, 0.25) is 4.80 Å². The maximum absolute atomic E-state index is 10.8. The van der Waals surface area contributed by atoms with Gasteiger partial charge in [0.25, 0.3) is 0 Å². The zero-order valence-electron chi connectivity index (χ0n) is 14.7. The van der Waals surface area contributed by atoms with E-state index >= 15 is 0 Å². The molecular weight excluding hydrogens is 396 g/mol. The predicted molar refractivity (Wildman–Crippen MR) is 110 cm³/mol. The van der Waals surface area contributed by atoms with E-state index in [1.54, 1.807) is 16.0 Å². The zero-order valence-corrected chi connectivity index (χ0v) is 16.3. The molecule has 7 nitrogen and oxygen atoms in total. The number of benzene rings is 1. The molecule has 0 spiro atoms. The monoisotopic (exact) mass is 410 g/mol. The highest BCUT2D eigenvalue weighted by Crippen LogP contribution is 2.25. The molecule has 1 aromatic carbocycles. The summed E-state index contributed by atoms with van der Waals surface area (Å²) in [6, 6.07) is 14.7. The lowest BCUT2D eigenvalue weighted by atomic mass is 10.2. The van der Waals surface area contributed by atoms with Crippen LogP contribution in [0.1, 0.15) is 11.3 Å². The second-order valence-electron chi connectivity index (χ2n) is 5.82. The first-order chi connectivity index (χ1) is 13.6. The van der Waals surface area contributed by atoms with Crippen molar-refractivity contribution in [1.82, 2.24) is 4.68 Å². The van der Waals surface area contributed by atoms with Gasteiger partial charge in [0.05, 0.1) is 28.5 Å². The minimum absolute atomic E-state index is 0.295. The lowest BCUT2D eigenvalue weighted by Crippen LogP contribution is -2.11. The molecule has 3 heterocycles. The normalized spacial score (nSPS) is 12.1. The van der Waals surface area contributed by atoms with Crippen LogP contribution in [0.2, 0.25) is 0 Å². The second kappa shape index (κ2) is 7.75. The van der Waals surface area contributed by atoms with Crippen LogP contribution in [0.5, 0.6) is 0 Å². The summed E-state index contributed by atoms with van der Waals surface area (Å²) in [5.74, 6) is -0.0241. The van der Waals surface area contributed by atoms with Crippen LogP contribution in [0, 0.1) is 17.0 Å². The van der Waals surface area contributed by atoms with E-state index in [1.165, 1.54) is 29.7 Å². The Morgan fingerprint density at radius 1 is 1.18 bits per heavy atom. The van der Waals surface area contributed by atoms with Gasteiger partial charge in [-0.1, -0.05) is 18.2 Å². The Morgan fingerprint density at radius 2 is 2.07 bits per heavy atom. The Kier molecular flexibility index (Phi) is 5.00. The number of thiazole rings is 1. The highest BCUT2D eigenvalue weighted by atomic mass is 32.1. The van der Waals surface area contributed by atoms with E-state index in [4.69, 9.17) is 9.41 Å². The molecule has 0 saturated carbocycles. The van der Waals surface area contributed by atoms with Crippen LogP contribution in [0.4, 0.5) is 11.6 Å². The summed E-state index contributed by atoms with van der Waals surface area (Å²) in [4.78, 5) is 16.7. The number of aryl methyl sites for hydroxylation is 1. The molecule has 0 aliphatic rings. The SMILES string of the molecule is Cc1cccc(N=c2scc(-c3cccs3)n2N=Cc2ccc([N+](=O)[O-])o2)c1. The Balaban J connectivity index is 1.79. The van der Waals surface area contributed by atoms with Crippen molar-refractivity contribution in [2.75, 3.05) is 0 Å². The van der Waals surface area contributed by atoms with Gasteiger partial charge in [-0.3, -0.25) is 10.1 Å². The number of aromatic nitrogens is 1. The standard InChI is InChI=1S/C19H14N4O3S2/c1-13-4-2-5-14(10-13)21-19-22(16(12-28-19)17-6-3-9-27-17)20-11-15-7-8-18(26-15)23(24)25/h2-12H,1H3. The molecule has 0 unspecified atom stereocenters. The Bertz CT molecular complexity index is 1220. The Morgan fingerprint density at radius 3 is 2.79 bits per heavy atom. The molecule has 4 aromatic rings. The van der Waals surface area contributed by atoms with Crippen LogP contribution in [0.3, 0.4) is 0 Å². The molecule has 3 aromatic heterocycles. The van der Waals surface area contributed by atoms with Crippen LogP contribution in [0.15, 0.2) is 73.8 Å². The topological polar surface area (TPSA) is 85.9 Å². The van der Waals surface area contributed by atoms with E-state index < -0.39 is 4.92 Å². The van der Waals surface area contributed by atoms with Gasteiger partial charge in [-0.25, -0.2) is 9.67 Å². The molecule has 0 aliphatic heterocycles. The average molecular weight is 410 g/mol. The van der Waals surface area contributed by atoms with E-state index in [0.717, 1.165) is 21.8 Å². The molecule has 0 fully saturated rings. The summed E-state index contributed by atoms with van der Waals surface area (Å²) in [6.45, 7) is 2.01. The molecule has 0 N–H and O–H groups in total. The van der Waals surface area contributed by atoms with Crippen LogP contribution in [0.25, 0.3) is 10.6 Å². The van der Waals surface area contributed by atoms with Gasteiger partial charge in [0.15, 0.2) is 5.76 Å². The van der Waals surface area contributed by atoms with Crippen LogP contribution in [-0.2, 0) is 0 Å². The molecule has 28 heavy (non-hydrogen) atoms. The maximum Gasteiger partial charge on any atom is 0.433 e. The summed E-state index contributed by atoms with van der Waals surface area (Å²) in [5, 5.41) is 19.3. The van der Waals surface area contributed by atoms with E-state index in [-0.39, 0.29) is 5.88 Å². The van der Waals surface area contributed by atoms with Crippen molar-refractivity contribution in [1.29, 1.82) is 0 Å². The zero-order chi connectivity index (χ0) is 19.5. The first-order valence-electron chi connectivity index (χ1n) is 8.24. The molecule has 9 heteroatoms. The molecular formula is C19H14N4O3S2. The van der Waals surface area contributed by atoms with Crippen LogP contribution >= 0.6 is 22.7 Å². The maximum atomic E-state index is 10.8. The number of hydrogen-bond donors (Lipinski definition) is 0. The van der Waals surface area contributed by atoms with Crippen molar-refractivity contribution in [2.45, 2.75) is 6.92 Å². The number of nitro groups is 1. The van der Waals surface area contributed by atoms with Gasteiger partial charge in [-0.15, -0.1) is 22.7 Å². The first-order valence-corrected chi connectivity index (χ1v) is 10.0. The summed E-state index contributed by atoms with van der Waals surface area (Å²) >= 11 is 3.07. The smallest absolute Gasteiger partial charge is 0.400 e. The third-order valence-electron chi connectivity index (χ3n) is 3.78. The number of nitrogens with zero attached hydrogens (tertiary/aromatic N) is 4. The van der Waals surface area contributed by atoms with Gasteiger partial charge in [-0.2, -0.15) is 5.10 Å². The van der Waals surface area contributed by atoms with Crippen molar-refractivity contribution >= 4 is 40.5 Å². The van der Waals surface area contributed by atoms with Gasteiger partial charge < -0.3 is 4.42 Å². The molecule has 0 radical (unpaired) electrons. The minimum Gasteiger partial charge on any atom is -0.400 e. The van der Waals surface area contributed by atoms with E-state index in [1.807, 2.05) is 54.1 Å². The molecule has 140 valence electrons. The summed E-state index contributed by atoms with van der Waals surface area (Å²) in [5.41, 5.74) is 2.84. The number of thiophene rings is 1. The van der Waals surface area contributed by atoms with E-state index in [9.17, 15) is 10.1 Å². The van der Waals surface area contributed by atoms with Gasteiger partial charge >= 0.3 is 5.88 Å². The second-order valence-corrected chi connectivity index (χ2v) is 7.61. The Hall–Kier alpha value is -3.30. The van der Waals surface area contributed by atoms with Gasteiger partial charge in [-0.05, 0) is 42.1 Å². The summed E-state index contributed by atoms with van der Waals surface area (Å²) in [7, 11) is 0. The molecule has 0 atom stereocenters. The average Bonchev–Trinajstić information content (AvgIpc) is 3.41. The third-order valence-corrected chi connectivity index (χ3v) is 5.49. The highest BCUT2D eigenvalue weighted by Gasteiger charge is 2.12. The van der Waals surface area contributed by atoms with Crippen molar-refractivity contribution in [2.24, 2.45) is 10.1 Å². The van der Waals surface area contributed by atoms with Gasteiger partial charge in [0.1, 0.15) is 4.92 Å². The fraction of sp³-hybridized carbons (Fsp3) is 0.0526. The third kappa shape index (κ3) is 3.85. The lowest BCUT2D eigenvalue weighted by molar-refractivity contribution is -0.402. The predicted octanol–water partition coefficient (Wildman–Crippen LogP) is 5.20. The molecule has 0 amide bonds. The van der Waals surface area contributed by atoms with E-state index in [0.29, 0.717) is 10.6 Å². The lowest BCUT2D eigenvalue weighted by Gasteiger charge is -2.00. The van der Waals surface area contributed by atoms with Crippen LogP contribution in [-0.4, -0.2) is 15.8 Å². The van der Waals surface area contributed by atoms with E-state index in [2.05, 4.69) is 5.10 Å². The van der Waals surface area contributed by atoms with Crippen LogP contribution < -0.4 is 4.80 Å². The number of furan rings is 1. The van der Waals surface area contributed by atoms with Crippen molar-refractivity contribution in [3.63, 3.8) is 0 Å². The summed E-state index contributed by atoms with van der Waals surface area (Å²) in [6.07, 6.45) is 1.45. The first kappa shape index (κ1) is 18.1. The molecule has 0 bridgehead atoms. The fourth-order valence-electron chi connectivity index (χ4n) is 2.52. The summed E-state index contributed by atoms with van der Waals surface area (Å²) < 4.78 is 6.88. The molecule has 0 aliphatic carbocycles. The van der Waals surface area contributed by atoms with Crippen molar-refractivity contribution < 1.29 is 9.34 Å². The molecule has 4 rings (SSSR count). The fourth-order valence-corrected chi connectivity index (χ4v) is 4.16. The van der Waals surface area contributed by atoms with Crippen molar-refractivity contribution in [3.05, 3.63) is 85.5 Å². The van der Waals surface area contributed by atoms with Gasteiger partial charge in [0, 0.05) is 5.38 Å². The minimum atomic E-state index is -0.579. The Labute approximate surface area is 167 Å². The quantitative estimate of drug-likeness (QED) is 0.257. The van der Waals surface area contributed by atoms with Crippen molar-refractivity contribution in [3.8, 4) is 10.6 Å². The molecule has 0 saturated heterocycles. The largest absolute Gasteiger partial charge is 0.433 e.